The second-order valence-electron chi connectivity index (χ2n) is 7.76. The predicted molar refractivity (Wildman–Crippen MR) is 123 cm³/mol. The van der Waals surface area contributed by atoms with Crippen LogP contribution in [0.1, 0.15) is 37.5 Å². The second-order valence-corrected chi connectivity index (χ2v) is 10.00. The molecule has 3 N–H and O–H groups in total. The van der Waals surface area contributed by atoms with Crippen LogP contribution in [-0.4, -0.2) is 18.8 Å². The Labute approximate surface area is 178 Å². The van der Waals surface area contributed by atoms with Crippen LogP contribution in [-0.2, 0) is 22.2 Å². The number of hydrogen-bond acceptors (Lipinski definition) is 4. The van der Waals surface area contributed by atoms with Crippen LogP contribution in [0.3, 0.4) is 0 Å². The van der Waals surface area contributed by atoms with E-state index < -0.39 is 20.9 Å². The number of aliphatic hydroxyl groups is 1. The molecule has 0 aliphatic carbocycles. The molecule has 0 fully saturated rings. The zero-order chi connectivity index (χ0) is 21.8. The van der Waals surface area contributed by atoms with E-state index in [2.05, 4.69) is 10.0 Å². The number of benzene rings is 3. The number of anilines is 2. The highest BCUT2D eigenvalue weighted by Gasteiger charge is 2.25. The molecule has 0 aliphatic rings. The average molecular weight is 425 g/mol. The van der Waals surface area contributed by atoms with Crippen LogP contribution in [0, 0.1) is 0 Å². The molecule has 0 heterocycles. The van der Waals surface area contributed by atoms with Crippen LogP contribution >= 0.6 is 0 Å². The molecule has 0 saturated carbocycles. The topological polar surface area (TPSA) is 78.4 Å². The van der Waals surface area contributed by atoms with E-state index >= 15 is 0 Å². The van der Waals surface area contributed by atoms with Gasteiger partial charge in [0, 0.05) is 17.9 Å². The highest BCUT2D eigenvalue weighted by molar-refractivity contribution is 7.93. The fourth-order valence-corrected chi connectivity index (χ4v) is 3.72. The quantitative estimate of drug-likeness (QED) is 0.490. The Morgan fingerprint density at radius 2 is 1.37 bits per heavy atom. The van der Waals surface area contributed by atoms with Crippen molar-refractivity contribution in [2.45, 2.75) is 38.2 Å². The first-order valence-electron chi connectivity index (χ1n) is 9.91. The molecule has 0 aromatic heterocycles. The maximum atomic E-state index is 11.9. The largest absolute Gasteiger partial charge is 0.381 e. The lowest BCUT2D eigenvalue weighted by Gasteiger charge is -2.24. The van der Waals surface area contributed by atoms with Crippen LogP contribution < -0.4 is 10.0 Å². The molecular formula is C24H28N2O3S. The monoisotopic (exact) mass is 424 g/mol. The first-order chi connectivity index (χ1) is 14.2. The third kappa shape index (κ3) is 5.20. The minimum absolute atomic E-state index is 0.482. The lowest BCUT2D eigenvalue weighted by Crippen LogP contribution is -2.22. The van der Waals surface area contributed by atoms with Crippen LogP contribution in [0.4, 0.5) is 11.4 Å². The number of hydrogen-bond donors (Lipinski definition) is 3. The van der Waals surface area contributed by atoms with Gasteiger partial charge in [-0.25, -0.2) is 8.42 Å². The molecule has 3 rings (SSSR count). The van der Waals surface area contributed by atoms with Crippen molar-refractivity contribution in [1.29, 1.82) is 0 Å². The number of nitrogens with one attached hydrogen (secondary N) is 2. The highest BCUT2D eigenvalue weighted by Crippen LogP contribution is 2.29. The van der Waals surface area contributed by atoms with Crippen LogP contribution in [0.15, 0.2) is 78.9 Å². The van der Waals surface area contributed by atoms with Crippen molar-refractivity contribution in [1.82, 2.24) is 0 Å². The van der Waals surface area contributed by atoms with Gasteiger partial charge in [-0.3, -0.25) is 4.72 Å². The van der Waals surface area contributed by atoms with Crippen LogP contribution in [0.5, 0.6) is 0 Å². The molecule has 0 bridgehead atoms. The molecule has 0 aliphatic heterocycles. The smallest absolute Gasteiger partial charge is 0.235 e. The first kappa shape index (κ1) is 21.9. The zero-order valence-corrected chi connectivity index (χ0v) is 18.3. The zero-order valence-electron chi connectivity index (χ0n) is 17.5. The Morgan fingerprint density at radius 3 is 1.93 bits per heavy atom. The van der Waals surface area contributed by atoms with Gasteiger partial charge in [0.05, 0.1) is 5.25 Å². The lowest BCUT2D eigenvalue weighted by atomic mass is 9.88. The first-order valence-corrected chi connectivity index (χ1v) is 11.5. The molecule has 5 nitrogen and oxygen atoms in total. The van der Waals surface area contributed by atoms with Gasteiger partial charge in [0.2, 0.25) is 10.0 Å². The molecule has 3 aromatic carbocycles. The van der Waals surface area contributed by atoms with E-state index in [-0.39, 0.29) is 0 Å². The summed E-state index contributed by atoms with van der Waals surface area (Å²) >= 11 is 0. The van der Waals surface area contributed by atoms with Gasteiger partial charge in [-0.05, 0) is 61.7 Å². The molecule has 6 heteroatoms. The van der Waals surface area contributed by atoms with Gasteiger partial charge in [-0.2, -0.15) is 0 Å². The maximum Gasteiger partial charge on any atom is 0.235 e. The number of sulfonamides is 1. The molecule has 3 aromatic rings. The molecule has 1 unspecified atom stereocenters. The fourth-order valence-electron chi connectivity index (χ4n) is 3.02. The lowest BCUT2D eigenvalue weighted by molar-refractivity contribution is 0.102. The van der Waals surface area contributed by atoms with E-state index in [9.17, 15) is 13.5 Å². The van der Waals surface area contributed by atoms with Gasteiger partial charge in [-0.15, -0.1) is 0 Å². The van der Waals surface area contributed by atoms with Crippen molar-refractivity contribution in [2.24, 2.45) is 0 Å². The molecule has 158 valence electrons. The van der Waals surface area contributed by atoms with Crippen molar-refractivity contribution in [2.75, 3.05) is 10.0 Å². The van der Waals surface area contributed by atoms with Crippen molar-refractivity contribution in [3.63, 3.8) is 0 Å². The summed E-state index contributed by atoms with van der Waals surface area (Å²) in [5, 5.41) is 13.8. The van der Waals surface area contributed by atoms with Gasteiger partial charge in [-0.1, -0.05) is 54.6 Å². The maximum absolute atomic E-state index is 11.9. The summed E-state index contributed by atoms with van der Waals surface area (Å²) in [6, 6.07) is 24.6. The van der Waals surface area contributed by atoms with Gasteiger partial charge >= 0.3 is 0 Å². The van der Waals surface area contributed by atoms with Crippen molar-refractivity contribution in [3.8, 4) is 0 Å². The summed E-state index contributed by atoms with van der Waals surface area (Å²) in [6.07, 6.45) is 0. The fraction of sp³-hybridized carbons (Fsp3) is 0.250. The SMILES string of the molecule is CC(C)S(=O)(=O)Nc1ccc(CNc2ccc(C(C)(O)c3ccccc3)cc2)cc1. The molecule has 0 radical (unpaired) electrons. The van der Waals surface area contributed by atoms with Gasteiger partial charge in [0.25, 0.3) is 0 Å². The summed E-state index contributed by atoms with van der Waals surface area (Å²) in [5.74, 6) is 0. The summed E-state index contributed by atoms with van der Waals surface area (Å²) in [5.41, 5.74) is 3.13. The minimum Gasteiger partial charge on any atom is -0.381 e. The van der Waals surface area contributed by atoms with Crippen molar-refractivity contribution in [3.05, 3.63) is 95.6 Å². The third-order valence-corrected chi connectivity index (χ3v) is 6.88. The van der Waals surface area contributed by atoms with E-state index in [1.165, 1.54) is 0 Å². The Hall–Kier alpha value is -2.83. The third-order valence-electron chi connectivity index (χ3n) is 5.11. The van der Waals surface area contributed by atoms with Gasteiger partial charge in [0.1, 0.15) is 5.60 Å². The number of rotatable bonds is 8. The van der Waals surface area contributed by atoms with Crippen molar-refractivity contribution >= 4 is 21.4 Å². The minimum atomic E-state index is -3.34. The molecule has 1 atom stereocenters. The van der Waals surface area contributed by atoms with Gasteiger partial charge < -0.3 is 10.4 Å². The molecule has 30 heavy (non-hydrogen) atoms. The van der Waals surface area contributed by atoms with Crippen molar-refractivity contribution < 1.29 is 13.5 Å². The molecule has 0 spiro atoms. The average Bonchev–Trinajstić information content (AvgIpc) is 2.74. The Kier molecular flexibility index (Phi) is 6.48. The summed E-state index contributed by atoms with van der Waals surface area (Å²) in [6.45, 7) is 5.68. The van der Waals surface area contributed by atoms with E-state index in [1.807, 2.05) is 66.7 Å². The molecular weight excluding hydrogens is 396 g/mol. The second kappa shape index (κ2) is 8.90. The summed E-state index contributed by atoms with van der Waals surface area (Å²) < 4.78 is 26.5. The van der Waals surface area contributed by atoms with E-state index in [4.69, 9.17) is 0 Å². The Balaban J connectivity index is 1.61. The highest BCUT2D eigenvalue weighted by atomic mass is 32.2. The Morgan fingerprint density at radius 1 is 0.833 bits per heavy atom. The van der Waals surface area contributed by atoms with Crippen LogP contribution in [0.2, 0.25) is 0 Å². The van der Waals surface area contributed by atoms with E-state index in [0.717, 1.165) is 22.4 Å². The Bertz CT molecular complexity index is 1060. The summed E-state index contributed by atoms with van der Waals surface area (Å²) in [7, 11) is -3.34. The predicted octanol–water partition coefficient (Wildman–Crippen LogP) is 4.70. The summed E-state index contributed by atoms with van der Waals surface area (Å²) in [4.78, 5) is 0. The van der Waals surface area contributed by atoms with E-state index in [1.54, 1.807) is 32.9 Å². The standard InChI is InChI=1S/C24H28N2O3S/c1-18(2)30(28,29)26-23-13-9-19(10-14-23)17-25-22-15-11-21(12-16-22)24(3,27)20-7-5-4-6-8-20/h4-16,18,25-27H,17H2,1-3H3. The molecule has 0 saturated heterocycles. The van der Waals surface area contributed by atoms with Gasteiger partial charge in [0.15, 0.2) is 0 Å². The normalized spacial score (nSPS) is 13.6. The molecule has 0 amide bonds. The van der Waals surface area contributed by atoms with Crippen LogP contribution in [0.25, 0.3) is 0 Å². The van der Waals surface area contributed by atoms with E-state index in [0.29, 0.717) is 12.2 Å².